The van der Waals surface area contributed by atoms with Gasteiger partial charge in [0.2, 0.25) is 5.91 Å². The van der Waals surface area contributed by atoms with E-state index >= 15 is 0 Å². The first-order chi connectivity index (χ1) is 11.1. The van der Waals surface area contributed by atoms with E-state index in [0.717, 1.165) is 0 Å². The van der Waals surface area contributed by atoms with E-state index in [1.54, 1.807) is 42.5 Å². The van der Waals surface area contributed by atoms with Gasteiger partial charge in [-0.25, -0.2) is 0 Å². The van der Waals surface area contributed by atoms with Crippen molar-refractivity contribution in [1.29, 1.82) is 0 Å². The Hall–Kier alpha value is -2.61. The average Bonchev–Trinajstić information content (AvgIpc) is 3.11. The maximum Gasteiger partial charge on any atom is 0.250 e. The molecule has 2 aromatic heterocycles. The van der Waals surface area contributed by atoms with Crippen LogP contribution in [0, 0.1) is 0 Å². The van der Waals surface area contributed by atoms with Crippen molar-refractivity contribution in [3.63, 3.8) is 0 Å². The third kappa shape index (κ3) is 3.78. The van der Waals surface area contributed by atoms with Crippen LogP contribution in [-0.2, 0) is 23.1 Å². The van der Waals surface area contributed by atoms with Crippen LogP contribution in [0.25, 0.3) is 0 Å². The molecule has 0 bridgehead atoms. The zero-order chi connectivity index (χ0) is 16.2. The monoisotopic (exact) mass is 318 g/mol. The van der Waals surface area contributed by atoms with E-state index in [0.29, 0.717) is 19.0 Å². The summed E-state index contributed by atoms with van der Waals surface area (Å²) in [5, 5.41) is 6.89. The molecule has 2 atom stereocenters. The van der Waals surface area contributed by atoms with Gasteiger partial charge in [-0.15, -0.1) is 0 Å². The van der Waals surface area contributed by atoms with Gasteiger partial charge in [-0.05, 0) is 6.07 Å². The molecule has 8 nitrogen and oxygen atoms in total. The molecule has 2 aromatic rings. The number of carbonyl (C=O) groups is 1. The van der Waals surface area contributed by atoms with Gasteiger partial charge in [0.25, 0.3) is 5.56 Å². The summed E-state index contributed by atoms with van der Waals surface area (Å²) in [5.41, 5.74) is -0.214. The summed E-state index contributed by atoms with van der Waals surface area (Å²) in [5.74, 6) is 0.370. The van der Waals surface area contributed by atoms with E-state index in [9.17, 15) is 9.59 Å². The highest BCUT2D eigenvalue weighted by atomic mass is 16.5. The van der Waals surface area contributed by atoms with Crippen molar-refractivity contribution < 1.29 is 14.3 Å². The second-order valence-corrected chi connectivity index (χ2v) is 5.38. The molecular formula is C15H18N4O4. The largest absolute Gasteiger partial charge is 0.482 e. The molecule has 23 heavy (non-hydrogen) atoms. The molecule has 1 N–H and O–H groups in total. The topological polar surface area (TPSA) is 87.4 Å². The van der Waals surface area contributed by atoms with Crippen LogP contribution in [0.5, 0.6) is 5.75 Å². The van der Waals surface area contributed by atoms with Gasteiger partial charge in [-0.2, -0.15) is 5.10 Å². The van der Waals surface area contributed by atoms with Crippen LogP contribution in [0.4, 0.5) is 0 Å². The lowest BCUT2D eigenvalue weighted by Gasteiger charge is -2.19. The summed E-state index contributed by atoms with van der Waals surface area (Å²) in [6, 6.07) is 4.50. The molecule has 1 aliphatic heterocycles. The molecule has 8 heteroatoms. The molecule has 1 aliphatic rings. The Morgan fingerprint density at radius 2 is 2.35 bits per heavy atom. The highest BCUT2D eigenvalue weighted by Gasteiger charge is 2.31. The quantitative estimate of drug-likeness (QED) is 0.806. The van der Waals surface area contributed by atoms with Gasteiger partial charge in [0, 0.05) is 19.3 Å². The number of nitrogens with one attached hydrogen (secondary N) is 1. The number of hydrogen-bond donors (Lipinski definition) is 1. The minimum atomic E-state index is -0.282. The minimum Gasteiger partial charge on any atom is -0.482 e. The molecule has 122 valence electrons. The van der Waals surface area contributed by atoms with E-state index in [2.05, 4.69) is 10.4 Å². The van der Waals surface area contributed by atoms with Crippen molar-refractivity contribution >= 4 is 5.91 Å². The van der Waals surface area contributed by atoms with Crippen LogP contribution in [0.1, 0.15) is 0 Å². The lowest BCUT2D eigenvalue weighted by atomic mass is 10.2. The number of carbonyl (C=O) groups excluding carboxylic acids is 1. The molecule has 0 aromatic carbocycles. The number of aryl methyl sites for hydroxylation is 1. The number of hydrogen-bond acceptors (Lipinski definition) is 5. The highest BCUT2D eigenvalue weighted by Crippen LogP contribution is 2.16. The number of amides is 1. The summed E-state index contributed by atoms with van der Waals surface area (Å²) in [7, 11) is 1.80. The van der Waals surface area contributed by atoms with E-state index in [1.165, 1.54) is 10.6 Å². The number of aromatic nitrogens is 3. The maximum absolute atomic E-state index is 12.1. The van der Waals surface area contributed by atoms with Gasteiger partial charge in [-0.1, -0.05) is 6.07 Å². The Labute approximate surface area is 132 Å². The molecule has 0 aliphatic carbocycles. The fraction of sp³-hybridized carbons (Fsp3) is 0.400. The standard InChI is InChI=1S/C15H18N4O4/c1-18-7-11(6-16-18)23-13-10-22-9-12(13)17-14(20)8-19-5-3-2-4-15(19)21/h2-7,12-13H,8-10H2,1H3,(H,17,20)/t12-,13+/m0/s1. The lowest BCUT2D eigenvalue weighted by Crippen LogP contribution is -2.46. The van der Waals surface area contributed by atoms with Crippen molar-refractivity contribution in [1.82, 2.24) is 19.7 Å². The van der Waals surface area contributed by atoms with Gasteiger partial charge in [0.1, 0.15) is 12.6 Å². The van der Waals surface area contributed by atoms with Gasteiger partial charge in [-0.3, -0.25) is 14.3 Å². The Kier molecular flexibility index (Phi) is 4.42. The minimum absolute atomic E-state index is 0.0320. The fourth-order valence-electron chi connectivity index (χ4n) is 2.42. The Morgan fingerprint density at radius 3 is 3.09 bits per heavy atom. The first-order valence-corrected chi connectivity index (χ1v) is 7.30. The van der Waals surface area contributed by atoms with Crippen LogP contribution in [0.15, 0.2) is 41.6 Å². The number of rotatable bonds is 5. The molecule has 0 saturated carbocycles. The van der Waals surface area contributed by atoms with E-state index in [-0.39, 0.29) is 30.2 Å². The van der Waals surface area contributed by atoms with Crippen LogP contribution in [-0.4, -0.2) is 45.6 Å². The Balaban J connectivity index is 1.59. The highest BCUT2D eigenvalue weighted by molar-refractivity contribution is 5.76. The average molecular weight is 318 g/mol. The van der Waals surface area contributed by atoms with Crippen molar-refractivity contribution in [3.8, 4) is 5.75 Å². The Morgan fingerprint density at radius 1 is 1.48 bits per heavy atom. The zero-order valence-electron chi connectivity index (χ0n) is 12.7. The predicted molar refractivity (Wildman–Crippen MR) is 81.1 cm³/mol. The molecule has 3 heterocycles. The number of pyridine rings is 1. The predicted octanol–water partition coefficient (Wildman–Crippen LogP) is -0.456. The molecule has 1 fully saturated rings. The molecule has 1 amide bonds. The van der Waals surface area contributed by atoms with Crippen molar-refractivity contribution in [2.24, 2.45) is 7.05 Å². The van der Waals surface area contributed by atoms with Crippen molar-refractivity contribution in [3.05, 3.63) is 47.1 Å². The van der Waals surface area contributed by atoms with Crippen LogP contribution < -0.4 is 15.6 Å². The van der Waals surface area contributed by atoms with Crippen LogP contribution >= 0.6 is 0 Å². The second-order valence-electron chi connectivity index (χ2n) is 5.38. The molecule has 1 saturated heterocycles. The van der Waals surface area contributed by atoms with E-state index in [1.807, 2.05) is 0 Å². The molecule has 0 spiro atoms. The third-order valence-electron chi connectivity index (χ3n) is 3.56. The molecule has 0 radical (unpaired) electrons. The van der Waals surface area contributed by atoms with Gasteiger partial charge < -0.3 is 19.4 Å². The van der Waals surface area contributed by atoms with Crippen molar-refractivity contribution in [2.45, 2.75) is 18.7 Å². The maximum atomic E-state index is 12.1. The fourth-order valence-corrected chi connectivity index (χ4v) is 2.42. The normalized spacial score (nSPS) is 20.4. The third-order valence-corrected chi connectivity index (χ3v) is 3.56. The number of nitrogens with zero attached hydrogens (tertiary/aromatic N) is 3. The Bertz CT molecular complexity index is 739. The van der Waals surface area contributed by atoms with Gasteiger partial charge >= 0.3 is 0 Å². The first kappa shape index (κ1) is 15.3. The molecule has 0 unspecified atom stereocenters. The van der Waals surface area contributed by atoms with E-state index < -0.39 is 0 Å². The molecular weight excluding hydrogens is 300 g/mol. The van der Waals surface area contributed by atoms with Crippen molar-refractivity contribution in [2.75, 3.05) is 13.2 Å². The first-order valence-electron chi connectivity index (χ1n) is 7.30. The summed E-state index contributed by atoms with van der Waals surface area (Å²) in [6.45, 7) is 0.737. The number of ether oxygens (including phenoxy) is 2. The van der Waals surface area contributed by atoms with Crippen LogP contribution in [0.2, 0.25) is 0 Å². The van der Waals surface area contributed by atoms with Gasteiger partial charge in [0.15, 0.2) is 5.75 Å². The van der Waals surface area contributed by atoms with E-state index in [4.69, 9.17) is 9.47 Å². The second kappa shape index (κ2) is 6.66. The summed E-state index contributed by atoms with van der Waals surface area (Å²) in [4.78, 5) is 23.7. The summed E-state index contributed by atoms with van der Waals surface area (Å²) >= 11 is 0. The summed E-state index contributed by atoms with van der Waals surface area (Å²) < 4.78 is 14.2. The molecule has 3 rings (SSSR count). The zero-order valence-corrected chi connectivity index (χ0v) is 12.7. The van der Waals surface area contributed by atoms with Crippen LogP contribution in [0.3, 0.4) is 0 Å². The lowest BCUT2D eigenvalue weighted by molar-refractivity contribution is -0.122. The smallest absolute Gasteiger partial charge is 0.250 e. The SMILES string of the molecule is Cn1cc(O[C@@H]2COC[C@@H]2NC(=O)Cn2ccccc2=O)cn1. The van der Waals surface area contributed by atoms with Gasteiger partial charge in [0.05, 0.1) is 31.6 Å². The summed E-state index contributed by atoms with van der Waals surface area (Å²) in [6.07, 6.45) is 4.66.